The average molecular weight is 403 g/mol. The summed E-state index contributed by atoms with van der Waals surface area (Å²) < 4.78 is 0. The molecule has 1 amide bonds. The number of imidazole rings is 1. The Morgan fingerprint density at radius 3 is 2.83 bits per heavy atom. The van der Waals surface area contributed by atoms with Crippen LogP contribution in [0.2, 0.25) is 0 Å². The van der Waals surface area contributed by atoms with Gasteiger partial charge in [-0.3, -0.25) is 4.79 Å². The van der Waals surface area contributed by atoms with Crippen molar-refractivity contribution in [2.75, 3.05) is 18.4 Å². The second kappa shape index (κ2) is 8.86. The van der Waals surface area contributed by atoms with Crippen LogP contribution in [-0.4, -0.2) is 48.8 Å². The number of anilines is 2. The molecular formula is C22H25N7O. The number of hydrogen-bond acceptors (Lipinski definition) is 6. The third-order valence-electron chi connectivity index (χ3n) is 5.07. The molecule has 1 aliphatic heterocycles. The van der Waals surface area contributed by atoms with Crippen LogP contribution in [0, 0.1) is 13.8 Å². The number of pyridine rings is 1. The number of nitrogens with zero attached hydrogens (tertiary/aromatic N) is 5. The van der Waals surface area contributed by atoms with Gasteiger partial charge in [0.05, 0.1) is 18.2 Å². The Morgan fingerprint density at radius 1 is 1.23 bits per heavy atom. The van der Waals surface area contributed by atoms with Gasteiger partial charge in [-0.25, -0.2) is 19.9 Å². The van der Waals surface area contributed by atoms with Gasteiger partial charge < -0.3 is 15.2 Å². The molecule has 4 rings (SSSR count). The fourth-order valence-corrected chi connectivity index (χ4v) is 3.69. The number of amides is 1. The number of H-pyrrole nitrogens is 1. The van der Waals surface area contributed by atoms with Crippen molar-refractivity contribution in [1.29, 1.82) is 0 Å². The number of piperidine rings is 1. The van der Waals surface area contributed by atoms with E-state index in [-0.39, 0.29) is 11.8 Å². The zero-order valence-electron chi connectivity index (χ0n) is 17.2. The summed E-state index contributed by atoms with van der Waals surface area (Å²) >= 11 is 0. The lowest BCUT2D eigenvalue weighted by atomic mass is 9.94. The highest BCUT2D eigenvalue weighted by Gasteiger charge is 2.24. The summed E-state index contributed by atoms with van der Waals surface area (Å²) in [6.45, 7) is 5.30. The molecule has 1 aliphatic rings. The van der Waals surface area contributed by atoms with Crippen LogP contribution in [0.1, 0.15) is 41.5 Å². The van der Waals surface area contributed by atoms with Gasteiger partial charge in [-0.15, -0.1) is 0 Å². The molecule has 8 nitrogen and oxygen atoms in total. The highest BCUT2D eigenvalue weighted by Crippen LogP contribution is 2.27. The molecule has 1 atom stereocenters. The maximum absolute atomic E-state index is 12.6. The van der Waals surface area contributed by atoms with E-state index in [0.717, 1.165) is 42.2 Å². The Hall–Kier alpha value is -3.55. The summed E-state index contributed by atoms with van der Waals surface area (Å²) in [4.78, 5) is 35.0. The van der Waals surface area contributed by atoms with E-state index in [4.69, 9.17) is 4.98 Å². The summed E-state index contributed by atoms with van der Waals surface area (Å²) in [6.07, 6.45) is 8.59. The molecule has 0 spiro atoms. The zero-order valence-corrected chi connectivity index (χ0v) is 17.2. The minimum absolute atomic E-state index is 0.00668. The van der Waals surface area contributed by atoms with Crippen LogP contribution in [0.15, 0.2) is 42.9 Å². The Bertz CT molecular complexity index is 1030. The van der Waals surface area contributed by atoms with E-state index < -0.39 is 0 Å². The molecule has 154 valence electrons. The number of aryl methyl sites for hydroxylation is 2. The van der Waals surface area contributed by atoms with Crippen molar-refractivity contribution in [1.82, 2.24) is 29.8 Å². The predicted octanol–water partition coefficient (Wildman–Crippen LogP) is 3.37. The quantitative estimate of drug-likeness (QED) is 0.634. The topological polar surface area (TPSA) is 99.7 Å². The normalized spacial score (nSPS) is 16.7. The largest absolute Gasteiger partial charge is 0.345 e. The fraction of sp³-hybridized carbons (Fsp3) is 0.318. The first-order valence-corrected chi connectivity index (χ1v) is 10.1. The molecule has 3 aromatic heterocycles. The Labute approximate surface area is 175 Å². The molecule has 0 saturated carbocycles. The van der Waals surface area contributed by atoms with Crippen molar-refractivity contribution >= 4 is 23.7 Å². The van der Waals surface area contributed by atoms with E-state index in [1.54, 1.807) is 24.7 Å². The first-order valence-electron chi connectivity index (χ1n) is 10.1. The lowest BCUT2D eigenvalue weighted by Crippen LogP contribution is -2.38. The second-order valence-corrected chi connectivity index (χ2v) is 7.51. The number of hydrogen-bond donors (Lipinski definition) is 2. The average Bonchev–Trinajstić information content (AvgIpc) is 3.25. The third-order valence-corrected chi connectivity index (χ3v) is 5.07. The molecule has 0 aliphatic carbocycles. The van der Waals surface area contributed by atoms with Gasteiger partial charge in [0.1, 0.15) is 5.82 Å². The number of aromatic amines is 1. The maximum atomic E-state index is 12.6. The SMILES string of the molecule is Cc1cc(C)nc(Nc2cccc([C@H]3CCCN(C(=O)/C=C/c4cnc[nH]4)C3)n2)n1. The van der Waals surface area contributed by atoms with Gasteiger partial charge >= 0.3 is 0 Å². The molecular weight excluding hydrogens is 378 g/mol. The molecule has 4 heterocycles. The molecule has 1 fully saturated rings. The van der Waals surface area contributed by atoms with E-state index in [1.807, 2.05) is 43.0 Å². The number of rotatable bonds is 5. The van der Waals surface area contributed by atoms with Gasteiger partial charge in [-0.05, 0) is 51.0 Å². The highest BCUT2D eigenvalue weighted by atomic mass is 16.2. The summed E-state index contributed by atoms with van der Waals surface area (Å²) in [5.74, 6) is 1.46. The Kier molecular flexibility index (Phi) is 5.83. The summed E-state index contributed by atoms with van der Waals surface area (Å²) in [5.41, 5.74) is 3.60. The molecule has 0 unspecified atom stereocenters. The van der Waals surface area contributed by atoms with Gasteiger partial charge in [-0.1, -0.05) is 6.07 Å². The number of aromatic nitrogens is 5. The van der Waals surface area contributed by atoms with Crippen LogP contribution in [0.25, 0.3) is 6.08 Å². The molecule has 0 aromatic carbocycles. The van der Waals surface area contributed by atoms with E-state index in [2.05, 4.69) is 25.3 Å². The lowest BCUT2D eigenvalue weighted by Gasteiger charge is -2.32. The number of nitrogens with one attached hydrogen (secondary N) is 2. The molecule has 8 heteroatoms. The summed E-state index contributed by atoms with van der Waals surface area (Å²) in [5, 5.41) is 3.20. The van der Waals surface area contributed by atoms with Crippen LogP contribution < -0.4 is 5.32 Å². The van der Waals surface area contributed by atoms with Crippen LogP contribution in [0.3, 0.4) is 0 Å². The lowest BCUT2D eigenvalue weighted by molar-refractivity contribution is -0.127. The van der Waals surface area contributed by atoms with Crippen LogP contribution in [0.5, 0.6) is 0 Å². The van der Waals surface area contributed by atoms with Crippen LogP contribution >= 0.6 is 0 Å². The first kappa shape index (κ1) is 19.8. The smallest absolute Gasteiger partial charge is 0.246 e. The van der Waals surface area contributed by atoms with Gasteiger partial charge in [0.25, 0.3) is 0 Å². The van der Waals surface area contributed by atoms with Crippen molar-refractivity contribution < 1.29 is 4.79 Å². The van der Waals surface area contributed by atoms with Gasteiger partial charge in [0, 0.05) is 42.2 Å². The van der Waals surface area contributed by atoms with E-state index >= 15 is 0 Å². The van der Waals surface area contributed by atoms with E-state index in [1.165, 1.54) is 0 Å². The Balaban J connectivity index is 1.44. The molecule has 0 bridgehead atoms. The summed E-state index contributed by atoms with van der Waals surface area (Å²) in [7, 11) is 0. The van der Waals surface area contributed by atoms with Gasteiger partial charge in [0.2, 0.25) is 11.9 Å². The molecule has 3 aromatic rings. The number of likely N-dealkylation sites (tertiary alicyclic amines) is 1. The van der Waals surface area contributed by atoms with Crippen molar-refractivity contribution in [2.45, 2.75) is 32.6 Å². The van der Waals surface area contributed by atoms with E-state index in [9.17, 15) is 4.79 Å². The highest BCUT2D eigenvalue weighted by molar-refractivity contribution is 5.91. The van der Waals surface area contributed by atoms with Gasteiger partial charge in [0.15, 0.2) is 0 Å². The summed E-state index contributed by atoms with van der Waals surface area (Å²) in [6, 6.07) is 7.84. The standard InChI is InChI=1S/C22H25N7O/c1-15-11-16(2)26-22(25-15)28-20-7-3-6-19(27-20)17-5-4-10-29(13-17)21(30)9-8-18-12-23-14-24-18/h3,6-9,11-12,14,17H,4-5,10,13H2,1-2H3,(H,23,24)(H,25,26,27,28)/b9-8+/t17-/m0/s1. The second-order valence-electron chi connectivity index (χ2n) is 7.51. The molecule has 2 N–H and O–H groups in total. The minimum Gasteiger partial charge on any atom is -0.345 e. The van der Waals surface area contributed by atoms with Crippen LogP contribution in [0.4, 0.5) is 11.8 Å². The molecule has 0 radical (unpaired) electrons. The number of carbonyl (C=O) groups excluding carboxylic acids is 1. The van der Waals surface area contributed by atoms with Gasteiger partial charge in [-0.2, -0.15) is 0 Å². The fourth-order valence-electron chi connectivity index (χ4n) is 3.69. The first-order chi connectivity index (χ1) is 14.6. The maximum Gasteiger partial charge on any atom is 0.246 e. The third kappa shape index (κ3) is 4.89. The predicted molar refractivity (Wildman–Crippen MR) is 115 cm³/mol. The van der Waals surface area contributed by atoms with Crippen LogP contribution in [-0.2, 0) is 4.79 Å². The van der Waals surface area contributed by atoms with Crippen molar-refractivity contribution in [3.8, 4) is 0 Å². The number of carbonyl (C=O) groups is 1. The van der Waals surface area contributed by atoms with Crippen molar-refractivity contribution in [3.63, 3.8) is 0 Å². The van der Waals surface area contributed by atoms with E-state index in [0.29, 0.717) is 18.3 Å². The monoisotopic (exact) mass is 403 g/mol. The molecule has 30 heavy (non-hydrogen) atoms. The zero-order chi connectivity index (χ0) is 20.9. The Morgan fingerprint density at radius 2 is 2.07 bits per heavy atom. The minimum atomic E-state index is 0.00668. The van der Waals surface area contributed by atoms with Crippen molar-refractivity contribution in [2.24, 2.45) is 0 Å². The van der Waals surface area contributed by atoms with Crippen molar-refractivity contribution in [3.05, 3.63) is 65.6 Å². The molecule has 1 saturated heterocycles.